The Labute approximate surface area is 135 Å². The van der Waals surface area contributed by atoms with Crippen molar-refractivity contribution >= 4 is 5.91 Å². The number of hydrogen-bond donors (Lipinski definition) is 1. The van der Waals surface area contributed by atoms with Crippen LogP contribution in [0.25, 0.3) is 11.1 Å². The molecule has 1 amide bonds. The molecule has 1 aromatic heterocycles. The Morgan fingerprint density at radius 3 is 2.43 bits per heavy atom. The predicted octanol–water partition coefficient (Wildman–Crippen LogP) is 1.82. The molecule has 1 N–H and O–H groups in total. The van der Waals surface area contributed by atoms with Crippen LogP contribution in [-0.4, -0.2) is 53.4 Å². The van der Waals surface area contributed by atoms with Gasteiger partial charge in [0.1, 0.15) is 5.56 Å². The summed E-state index contributed by atoms with van der Waals surface area (Å²) < 4.78 is 0. The van der Waals surface area contributed by atoms with Gasteiger partial charge in [-0.3, -0.25) is 9.59 Å². The number of nitrogens with zero attached hydrogens (tertiary/aromatic N) is 2. The summed E-state index contributed by atoms with van der Waals surface area (Å²) >= 11 is 0. The predicted molar refractivity (Wildman–Crippen MR) is 90.5 cm³/mol. The van der Waals surface area contributed by atoms with Crippen molar-refractivity contribution in [1.82, 2.24) is 14.8 Å². The minimum absolute atomic E-state index is 0.179. The van der Waals surface area contributed by atoms with E-state index in [1.807, 2.05) is 30.3 Å². The summed E-state index contributed by atoms with van der Waals surface area (Å²) in [5.74, 6) is -0.179. The van der Waals surface area contributed by atoms with Crippen molar-refractivity contribution in [3.8, 4) is 11.1 Å². The highest BCUT2D eigenvalue weighted by Crippen LogP contribution is 2.22. The average Bonchev–Trinajstić information content (AvgIpc) is 2.62. The van der Waals surface area contributed by atoms with Gasteiger partial charge in [0, 0.05) is 37.9 Å². The van der Waals surface area contributed by atoms with Crippen LogP contribution in [0, 0.1) is 0 Å². The Kier molecular flexibility index (Phi) is 4.57. The first kappa shape index (κ1) is 15.5. The van der Waals surface area contributed by atoms with Crippen LogP contribution in [0.2, 0.25) is 0 Å². The molecule has 1 aromatic carbocycles. The minimum Gasteiger partial charge on any atom is -0.336 e. The van der Waals surface area contributed by atoms with Crippen LogP contribution >= 0.6 is 0 Å². The normalized spacial score (nSPS) is 15.6. The van der Waals surface area contributed by atoms with Gasteiger partial charge in [0.05, 0.1) is 0 Å². The smallest absolute Gasteiger partial charge is 0.261 e. The molecular formula is C18H21N3O2. The van der Waals surface area contributed by atoms with Gasteiger partial charge >= 0.3 is 0 Å². The maximum Gasteiger partial charge on any atom is 0.261 e. The summed E-state index contributed by atoms with van der Waals surface area (Å²) in [5.41, 5.74) is 1.49. The minimum atomic E-state index is -0.325. The summed E-state index contributed by atoms with van der Waals surface area (Å²) in [5, 5.41) is 0. The number of carbonyl (C=O) groups excluding carboxylic acids is 1. The molecule has 0 radical (unpaired) electrons. The number of hydrogen-bond acceptors (Lipinski definition) is 3. The van der Waals surface area contributed by atoms with Crippen LogP contribution in [0.1, 0.15) is 17.3 Å². The van der Waals surface area contributed by atoms with Crippen LogP contribution in [0.15, 0.2) is 47.4 Å². The number of aromatic nitrogens is 1. The number of piperazine rings is 1. The summed E-state index contributed by atoms with van der Waals surface area (Å²) in [6.07, 6.45) is 1.59. The van der Waals surface area contributed by atoms with E-state index in [1.54, 1.807) is 17.2 Å². The fourth-order valence-corrected chi connectivity index (χ4v) is 2.97. The standard InChI is InChI=1S/C18H21N3O2/c1-2-20-10-12-21(13-11-20)18(23)16-15(8-9-19-17(16)22)14-6-4-3-5-7-14/h3-9H,2,10-13H2,1H3,(H,19,22). The molecule has 23 heavy (non-hydrogen) atoms. The average molecular weight is 311 g/mol. The molecule has 2 heterocycles. The Bertz CT molecular complexity index is 731. The Morgan fingerprint density at radius 1 is 1.09 bits per heavy atom. The lowest BCUT2D eigenvalue weighted by molar-refractivity contribution is 0.0642. The number of likely N-dealkylation sites (N-methyl/N-ethyl adjacent to an activating group) is 1. The molecule has 2 aromatic rings. The fraction of sp³-hybridized carbons (Fsp3) is 0.333. The molecule has 1 fully saturated rings. The van der Waals surface area contributed by atoms with Crippen molar-refractivity contribution in [2.45, 2.75) is 6.92 Å². The number of pyridine rings is 1. The van der Waals surface area contributed by atoms with Gasteiger partial charge in [-0.25, -0.2) is 0 Å². The molecule has 5 heteroatoms. The lowest BCUT2D eigenvalue weighted by Crippen LogP contribution is -2.49. The molecule has 120 valence electrons. The zero-order valence-corrected chi connectivity index (χ0v) is 13.3. The van der Waals surface area contributed by atoms with Gasteiger partial charge in [-0.2, -0.15) is 0 Å². The van der Waals surface area contributed by atoms with E-state index in [1.165, 1.54) is 0 Å². The maximum absolute atomic E-state index is 12.9. The van der Waals surface area contributed by atoms with Gasteiger partial charge in [0.2, 0.25) is 0 Å². The second-order valence-electron chi connectivity index (χ2n) is 5.69. The Morgan fingerprint density at radius 2 is 1.78 bits per heavy atom. The summed E-state index contributed by atoms with van der Waals surface area (Å²) in [6.45, 7) is 6.14. The highest BCUT2D eigenvalue weighted by atomic mass is 16.2. The number of amides is 1. The van der Waals surface area contributed by atoms with Gasteiger partial charge in [-0.1, -0.05) is 37.3 Å². The van der Waals surface area contributed by atoms with Crippen molar-refractivity contribution in [3.05, 3.63) is 58.5 Å². The molecule has 0 saturated carbocycles. The molecule has 3 rings (SSSR count). The van der Waals surface area contributed by atoms with E-state index in [0.717, 1.165) is 25.2 Å². The molecule has 1 saturated heterocycles. The quantitative estimate of drug-likeness (QED) is 0.941. The fourth-order valence-electron chi connectivity index (χ4n) is 2.97. The zero-order chi connectivity index (χ0) is 16.2. The van der Waals surface area contributed by atoms with Crippen LogP contribution in [0.4, 0.5) is 0 Å². The van der Waals surface area contributed by atoms with E-state index >= 15 is 0 Å². The van der Waals surface area contributed by atoms with Gasteiger partial charge < -0.3 is 14.8 Å². The summed E-state index contributed by atoms with van der Waals surface area (Å²) in [4.78, 5) is 31.9. The van der Waals surface area contributed by atoms with Gasteiger partial charge in [0.15, 0.2) is 0 Å². The largest absolute Gasteiger partial charge is 0.336 e. The molecule has 0 unspecified atom stereocenters. The van der Waals surface area contributed by atoms with E-state index in [0.29, 0.717) is 18.7 Å². The van der Waals surface area contributed by atoms with Crippen LogP contribution < -0.4 is 5.56 Å². The highest BCUT2D eigenvalue weighted by molar-refractivity contribution is 6.00. The monoisotopic (exact) mass is 311 g/mol. The lowest BCUT2D eigenvalue weighted by Gasteiger charge is -2.34. The third-order valence-electron chi connectivity index (χ3n) is 4.37. The number of benzene rings is 1. The van der Waals surface area contributed by atoms with E-state index < -0.39 is 0 Å². The number of nitrogens with one attached hydrogen (secondary N) is 1. The highest BCUT2D eigenvalue weighted by Gasteiger charge is 2.25. The van der Waals surface area contributed by atoms with Gasteiger partial charge in [-0.15, -0.1) is 0 Å². The third-order valence-corrected chi connectivity index (χ3v) is 4.37. The lowest BCUT2D eigenvalue weighted by atomic mass is 10.0. The van der Waals surface area contributed by atoms with Crippen LogP contribution in [0.3, 0.4) is 0 Å². The molecule has 0 spiro atoms. The van der Waals surface area contributed by atoms with Crippen LogP contribution in [0.5, 0.6) is 0 Å². The molecule has 0 atom stereocenters. The van der Waals surface area contributed by atoms with Gasteiger partial charge in [-0.05, 0) is 18.2 Å². The third kappa shape index (κ3) is 3.19. The van der Waals surface area contributed by atoms with Crippen molar-refractivity contribution in [1.29, 1.82) is 0 Å². The van der Waals surface area contributed by atoms with Crippen molar-refractivity contribution in [2.24, 2.45) is 0 Å². The SMILES string of the molecule is CCN1CCN(C(=O)c2c(-c3ccccc3)cc[nH]c2=O)CC1. The molecule has 1 aliphatic rings. The van der Waals surface area contributed by atoms with Gasteiger partial charge in [0.25, 0.3) is 11.5 Å². The first-order chi connectivity index (χ1) is 11.2. The van der Waals surface area contributed by atoms with Crippen molar-refractivity contribution in [2.75, 3.05) is 32.7 Å². The van der Waals surface area contributed by atoms with Crippen molar-refractivity contribution in [3.63, 3.8) is 0 Å². The van der Waals surface area contributed by atoms with E-state index in [-0.39, 0.29) is 17.0 Å². The second-order valence-corrected chi connectivity index (χ2v) is 5.69. The number of rotatable bonds is 3. The maximum atomic E-state index is 12.9. The topological polar surface area (TPSA) is 56.4 Å². The molecule has 0 aliphatic carbocycles. The van der Waals surface area contributed by atoms with E-state index in [4.69, 9.17) is 0 Å². The summed E-state index contributed by atoms with van der Waals surface area (Å²) in [6, 6.07) is 11.4. The Hall–Kier alpha value is -2.40. The first-order valence-corrected chi connectivity index (χ1v) is 7.99. The van der Waals surface area contributed by atoms with Crippen molar-refractivity contribution < 1.29 is 4.79 Å². The number of H-pyrrole nitrogens is 1. The Balaban J connectivity index is 1.94. The molecular weight excluding hydrogens is 290 g/mol. The van der Waals surface area contributed by atoms with E-state index in [9.17, 15) is 9.59 Å². The second kappa shape index (κ2) is 6.79. The zero-order valence-electron chi connectivity index (χ0n) is 13.3. The first-order valence-electron chi connectivity index (χ1n) is 7.99. The van der Waals surface area contributed by atoms with Crippen LogP contribution in [-0.2, 0) is 0 Å². The number of aromatic amines is 1. The number of carbonyl (C=O) groups is 1. The molecule has 0 bridgehead atoms. The summed E-state index contributed by atoms with van der Waals surface area (Å²) in [7, 11) is 0. The van der Waals surface area contributed by atoms with E-state index in [2.05, 4.69) is 16.8 Å². The molecule has 5 nitrogen and oxygen atoms in total. The molecule has 1 aliphatic heterocycles.